The zero-order chi connectivity index (χ0) is 13.0. The highest BCUT2D eigenvalue weighted by molar-refractivity contribution is 5.85. The summed E-state index contributed by atoms with van der Waals surface area (Å²) in [5, 5.41) is 1.18. The quantitative estimate of drug-likeness (QED) is 0.730. The first-order chi connectivity index (χ1) is 8.76. The summed E-state index contributed by atoms with van der Waals surface area (Å²) in [5.41, 5.74) is 2.34. The number of fused-ring (bicyclic) bond motifs is 1. The molecule has 0 radical (unpaired) electrons. The Morgan fingerprint density at radius 3 is 2.89 bits per heavy atom. The number of hydrogen-bond donors (Lipinski definition) is 0. The minimum absolute atomic E-state index is 0.884. The van der Waals surface area contributed by atoms with Crippen LogP contribution < -0.4 is 4.74 Å². The summed E-state index contributed by atoms with van der Waals surface area (Å²) in [4.78, 5) is 0. The van der Waals surface area contributed by atoms with Crippen LogP contribution in [0, 0.1) is 11.8 Å². The molecule has 18 heavy (non-hydrogen) atoms. The van der Waals surface area contributed by atoms with Crippen LogP contribution in [-0.4, -0.2) is 11.7 Å². The first kappa shape index (κ1) is 12.3. The molecule has 1 aromatic carbocycles. The van der Waals surface area contributed by atoms with Crippen LogP contribution in [0.1, 0.15) is 19.0 Å². The highest BCUT2D eigenvalue weighted by Crippen LogP contribution is 2.24. The maximum atomic E-state index is 5.23. The molecule has 92 valence electrons. The first-order valence-electron chi connectivity index (χ1n) is 6.04. The highest BCUT2D eigenvalue weighted by atomic mass is 16.5. The van der Waals surface area contributed by atoms with Crippen molar-refractivity contribution in [2.75, 3.05) is 7.11 Å². The molecular formula is C16H17NO. The summed E-state index contributed by atoms with van der Waals surface area (Å²) in [6.45, 7) is 2.05. The fourth-order valence-corrected chi connectivity index (χ4v) is 1.92. The third-order valence-corrected chi connectivity index (χ3v) is 2.90. The van der Waals surface area contributed by atoms with Crippen LogP contribution in [0.15, 0.2) is 30.3 Å². The van der Waals surface area contributed by atoms with Crippen molar-refractivity contribution >= 4 is 17.0 Å². The van der Waals surface area contributed by atoms with E-state index >= 15 is 0 Å². The molecule has 0 saturated carbocycles. The Morgan fingerprint density at radius 1 is 1.33 bits per heavy atom. The SMILES string of the molecule is CCC#C/C=C\c1cc2cc(OC)ccc2n1C. The van der Waals surface area contributed by atoms with Crippen LogP contribution in [0.4, 0.5) is 0 Å². The molecule has 0 amide bonds. The Labute approximate surface area is 108 Å². The summed E-state index contributed by atoms with van der Waals surface area (Å²) < 4.78 is 7.39. The number of benzene rings is 1. The van der Waals surface area contributed by atoms with Crippen molar-refractivity contribution in [1.82, 2.24) is 4.57 Å². The number of aromatic nitrogens is 1. The molecule has 0 aliphatic carbocycles. The number of nitrogens with zero attached hydrogens (tertiary/aromatic N) is 1. The van der Waals surface area contributed by atoms with Gasteiger partial charge in [-0.25, -0.2) is 0 Å². The fourth-order valence-electron chi connectivity index (χ4n) is 1.92. The largest absolute Gasteiger partial charge is 0.497 e. The molecule has 0 fully saturated rings. The van der Waals surface area contributed by atoms with Crippen LogP contribution in [0.5, 0.6) is 5.75 Å². The van der Waals surface area contributed by atoms with Crippen molar-refractivity contribution < 1.29 is 4.74 Å². The molecule has 0 N–H and O–H groups in total. The van der Waals surface area contributed by atoms with Gasteiger partial charge in [-0.1, -0.05) is 18.8 Å². The van der Waals surface area contributed by atoms with Gasteiger partial charge in [0.15, 0.2) is 0 Å². The second kappa shape index (κ2) is 5.46. The number of ether oxygens (including phenoxy) is 1. The number of aryl methyl sites for hydroxylation is 1. The van der Waals surface area contributed by atoms with E-state index in [2.05, 4.69) is 35.6 Å². The number of allylic oxidation sites excluding steroid dienone is 1. The molecule has 1 aromatic heterocycles. The van der Waals surface area contributed by atoms with E-state index in [-0.39, 0.29) is 0 Å². The number of rotatable bonds is 2. The minimum Gasteiger partial charge on any atom is -0.497 e. The standard InChI is InChI=1S/C16H17NO/c1-4-5-6-7-8-14-11-13-12-15(18-3)9-10-16(13)17(14)2/h7-12H,4H2,1-3H3/b8-7-. The van der Waals surface area contributed by atoms with Gasteiger partial charge in [-0.15, -0.1) is 0 Å². The lowest BCUT2D eigenvalue weighted by Gasteiger charge is -2.01. The van der Waals surface area contributed by atoms with E-state index < -0.39 is 0 Å². The molecule has 2 aromatic rings. The molecular weight excluding hydrogens is 222 g/mol. The van der Waals surface area contributed by atoms with Gasteiger partial charge in [-0.05, 0) is 36.4 Å². The van der Waals surface area contributed by atoms with Crippen LogP contribution in [0.3, 0.4) is 0 Å². The molecule has 2 rings (SSSR count). The van der Waals surface area contributed by atoms with E-state index in [1.54, 1.807) is 7.11 Å². The fraction of sp³-hybridized carbons (Fsp3) is 0.250. The lowest BCUT2D eigenvalue weighted by molar-refractivity contribution is 0.415. The Kier molecular flexibility index (Phi) is 3.74. The second-order valence-corrected chi connectivity index (χ2v) is 4.06. The van der Waals surface area contributed by atoms with Crippen LogP contribution in [0.25, 0.3) is 17.0 Å². The predicted octanol–water partition coefficient (Wildman–Crippen LogP) is 3.61. The summed E-state index contributed by atoms with van der Waals surface area (Å²) >= 11 is 0. The van der Waals surface area contributed by atoms with Crippen molar-refractivity contribution in [1.29, 1.82) is 0 Å². The van der Waals surface area contributed by atoms with E-state index in [1.165, 1.54) is 10.9 Å². The highest BCUT2D eigenvalue weighted by Gasteiger charge is 2.04. The minimum atomic E-state index is 0.884. The molecule has 2 nitrogen and oxygen atoms in total. The molecule has 0 aliphatic rings. The van der Waals surface area contributed by atoms with Gasteiger partial charge in [-0.2, -0.15) is 0 Å². The summed E-state index contributed by atoms with van der Waals surface area (Å²) in [6, 6.07) is 8.24. The predicted molar refractivity (Wildman–Crippen MR) is 76.6 cm³/mol. The third-order valence-electron chi connectivity index (χ3n) is 2.90. The molecule has 0 saturated heterocycles. The Morgan fingerprint density at radius 2 is 2.17 bits per heavy atom. The molecule has 0 bridgehead atoms. The van der Waals surface area contributed by atoms with Crippen molar-refractivity contribution in [3.63, 3.8) is 0 Å². The summed E-state index contributed by atoms with van der Waals surface area (Å²) in [7, 11) is 3.74. The number of hydrogen-bond acceptors (Lipinski definition) is 1. The van der Waals surface area contributed by atoms with Gasteiger partial charge in [-0.3, -0.25) is 0 Å². The monoisotopic (exact) mass is 239 g/mol. The maximum Gasteiger partial charge on any atom is 0.119 e. The molecule has 1 heterocycles. The lowest BCUT2D eigenvalue weighted by atomic mass is 10.2. The Balaban J connectivity index is 2.40. The number of methoxy groups -OCH3 is 1. The topological polar surface area (TPSA) is 14.2 Å². The Hall–Kier alpha value is -2.14. The molecule has 0 spiro atoms. The molecule has 0 atom stereocenters. The molecule has 0 aliphatic heterocycles. The van der Waals surface area contributed by atoms with Crippen molar-refractivity contribution in [2.45, 2.75) is 13.3 Å². The second-order valence-electron chi connectivity index (χ2n) is 4.06. The Bertz CT molecular complexity index is 638. The third kappa shape index (κ3) is 2.41. The van der Waals surface area contributed by atoms with E-state index in [0.29, 0.717) is 0 Å². The van der Waals surface area contributed by atoms with Gasteiger partial charge in [0.05, 0.1) is 7.11 Å². The van der Waals surface area contributed by atoms with Gasteiger partial charge < -0.3 is 9.30 Å². The smallest absolute Gasteiger partial charge is 0.119 e. The zero-order valence-corrected chi connectivity index (χ0v) is 11.0. The summed E-state index contributed by atoms with van der Waals surface area (Å²) in [5.74, 6) is 6.92. The van der Waals surface area contributed by atoms with Gasteiger partial charge in [0.2, 0.25) is 0 Å². The van der Waals surface area contributed by atoms with Crippen LogP contribution in [-0.2, 0) is 7.05 Å². The van der Waals surface area contributed by atoms with E-state index in [9.17, 15) is 0 Å². The average molecular weight is 239 g/mol. The molecule has 2 heteroatoms. The van der Waals surface area contributed by atoms with Gasteiger partial charge in [0.1, 0.15) is 5.75 Å². The van der Waals surface area contributed by atoms with Gasteiger partial charge in [0, 0.05) is 30.1 Å². The lowest BCUT2D eigenvalue weighted by Crippen LogP contribution is -1.89. The summed E-state index contributed by atoms with van der Waals surface area (Å²) in [6.07, 6.45) is 4.82. The van der Waals surface area contributed by atoms with Gasteiger partial charge in [0.25, 0.3) is 0 Å². The normalized spacial score (nSPS) is 10.6. The van der Waals surface area contributed by atoms with E-state index in [0.717, 1.165) is 17.9 Å². The molecule has 0 unspecified atom stereocenters. The van der Waals surface area contributed by atoms with Crippen molar-refractivity contribution in [3.05, 3.63) is 36.0 Å². The van der Waals surface area contributed by atoms with Crippen LogP contribution in [0.2, 0.25) is 0 Å². The zero-order valence-electron chi connectivity index (χ0n) is 11.0. The van der Waals surface area contributed by atoms with Crippen molar-refractivity contribution in [3.8, 4) is 17.6 Å². The maximum absolute atomic E-state index is 5.23. The van der Waals surface area contributed by atoms with E-state index in [1.807, 2.05) is 31.2 Å². The first-order valence-corrected chi connectivity index (χ1v) is 6.04. The van der Waals surface area contributed by atoms with Crippen LogP contribution >= 0.6 is 0 Å². The van der Waals surface area contributed by atoms with E-state index in [4.69, 9.17) is 4.74 Å². The van der Waals surface area contributed by atoms with Gasteiger partial charge >= 0.3 is 0 Å². The van der Waals surface area contributed by atoms with Crippen molar-refractivity contribution in [2.24, 2.45) is 7.05 Å². The average Bonchev–Trinajstić information content (AvgIpc) is 2.71.